The molecule has 0 aliphatic heterocycles. The second-order valence-electron chi connectivity index (χ2n) is 4.21. The fourth-order valence-electron chi connectivity index (χ4n) is 1.74. The Morgan fingerprint density at radius 2 is 1.85 bits per heavy atom. The van der Waals surface area contributed by atoms with E-state index in [0.717, 1.165) is 18.9 Å². The zero-order chi connectivity index (χ0) is 9.52. The van der Waals surface area contributed by atoms with Gasteiger partial charge in [0.1, 0.15) is 0 Å². The molecule has 0 heterocycles. The normalized spacial score (nSPS) is 18.4. The Morgan fingerprint density at radius 3 is 2.46 bits per heavy atom. The Morgan fingerprint density at radius 1 is 1.15 bits per heavy atom. The molecule has 0 N–H and O–H groups in total. The summed E-state index contributed by atoms with van der Waals surface area (Å²) in [7, 11) is 4.20. The monoisotopic (exact) mass is 179 g/mol. The highest BCUT2D eigenvalue weighted by molar-refractivity contribution is 5.04. The molecule has 1 nitrogen and oxygen atoms in total. The molecular formula is C12H21N. The van der Waals surface area contributed by atoms with E-state index in [-0.39, 0.29) is 0 Å². The predicted molar refractivity (Wildman–Crippen MR) is 57.5 cm³/mol. The zero-order valence-corrected chi connectivity index (χ0v) is 8.97. The summed E-state index contributed by atoms with van der Waals surface area (Å²) in [5.41, 5.74) is 0. The van der Waals surface area contributed by atoms with Gasteiger partial charge in [0, 0.05) is 18.9 Å². The standard InChI is InChI=1S/C12H21N/c1-13(2)11-7-6-10-12-8-4-3-5-9-12/h12H,3-5,7-9,11H2,1-2H3. The second-order valence-corrected chi connectivity index (χ2v) is 4.21. The van der Waals surface area contributed by atoms with Gasteiger partial charge in [0.05, 0.1) is 0 Å². The molecule has 1 fully saturated rings. The van der Waals surface area contributed by atoms with Gasteiger partial charge in [0.15, 0.2) is 0 Å². The van der Waals surface area contributed by atoms with Gasteiger partial charge in [-0.1, -0.05) is 25.2 Å². The summed E-state index contributed by atoms with van der Waals surface area (Å²) < 4.78 is 0. The first-order chi connectivity index (χ1) is 6.29. The van der Waals surface area contributed by atoms with E-state index in [1.807, 2.05) is 0 Å². The molecule has 0 spiro atoms. The lowest BCUT2D eigenvalue weighted by atomic mass is 9.90. The average Bonchev–Trinajstić information content (AvgIpc) is 2.14. The summed E-state index contributed by atoms with van der Waals surface area (Å²) in [6.45, 7) is 1.10. The van der Waals surface area contributed by atoms with Crippen LogP contribution in [0.2, 0.25) is 0 Å². The van der Waals surface area contributed by atoms with Crippen molar-refractivity contribution in [3.8, 4) is 11.8 Å². The van der Waals surface area contributed by atoms with E-state index in [0.29, 0.717) is 0 Å². The third-order valence-corrected chi connectivity index (χ3v) is 2.60. The summed E-state index contributed by atoms with van der Waals surface area (Å²) in [5.74, 6) is 7.41. The van der Waals surface area contributed by atoms with Crippen LogP contribution in [0.25, 0.3) is 0 Å². The largest absolute Gasteiger partial charge is 0.308 e. The lowest BCUT2D eigenvalue weighted by molar-refractivity contribution is 0.417. The molecule has 1 rings (SSSR count). The molecule has 0 atom stereocenters. The van der Waals surface area contributed by atoms with Gasteiger partial charge >= 0.3 is 0 Å². The molecule has 1 saturated carbocycles. The van der Waals surface area contributed by atoms with Gasteiger partial charge in [-0.2, -0.15) is 0 Å². The molecule has 0 radical (unpaired) electrons. The van der Waals surface area contributed by atoms with E-state index in [2.05, 4.69) is 30.8 Å². The smallest absolute Gasteiger partial charge is 0.0216 e. The lowest BCUT2D eigenvalue weighted by Gasteiger charge is -2.15. The summed E-state index contributed by atoms with van der Waals surface area (Å²) in [4.78, 5) is 2.19. The first-order valence-electron chi connectivity index (χ1n) is 5.42. The van der Waals surface area contributed by atoms with Crippen molar-refractivity contribution in [3.05, 3.63) is 0 Å². The van der Waals surface area contributed by atoms with E-state index in [1.165, 1.54) is 32.1 Å². The van der Waals surface area contributed by atoms with Crippen LogP contribution in [0.3, 0.4) is 0 Å². The molecule has 13 heavy (non-hydrogen) atoms. The van der Waals surface area contributed by atoms with Gasteiger partial charge < -0.3 is 4.90 Å². The highest BCUT2D eigenvalue weighted by Crippen LogP contribution is 2.22. The van der Waals surface area contributed by atoms with Crippen LogP contribution in [-0.2, 0) is 0 Å². The molecule has 1 aliphatic carbocycles. The minimum absolute atomic E-state index is 0.718. The van der Waals surface area contributed by atoms with Crippen molar-refractivity contribution < 1.29 is 0 Å². The Balaban J connectivity index is 2.13. The Kier molecular flexibility index (Phi) is 4.93. The molecule has 0 aromatic carbocycles. The third-order valence-electron chi connectivity index (χ3n) is 2.60. The number of hydrogen-bond donors (Lipinski definition) is 0. The van der Waals surface area contributed by atoms with Crippen LogP contribution in [0.4, 0.5) is 0 Å². The van der Waals surface area contributed by atoms with Crippen LogP contribution >= 0.6 is 0 Å². The maximum atomic E-state index is 3.40. The molecule has 0 aromatic heterocycles. The maximum absolute atomic E-state index is 3.40. The topological polar surface area (TPSA) is 3.24 Å². The van der Waals surface area contributed by atoms with Crippen molar-refractivity contribution in [2.45, 2.75) is 38.5 Å². The SMILES string of the molecule is CN(C)CCC#CC1CCCCC1. The zero-order valence-electron chi connectivity index (χ0n) is 8.97. The fraction of sp³-hybridized carbons (Fsp3) is 0.833. The lowest BCUT2D eigenvalue weighted by Crippen LogP contribution is -2.12. The molecule has 1 heteroatoms. The Labute approximate surface area is 82.5 Å². The maximum Gasteiger partial charge on any atom is 0.0216 e. The first-order valence-corrected chi connectivity index (χ1v) is 5.42. The van der Waals surface area contributed by atoms with E-state index >= 15 is 0 Å². The van der Waals surface area contributed by atoms with Crippen molar-refractivity contribution in [1.82, 2.24) is 4.90 Å². The fourth-order valence-corrected chi connectivity index (χ4v) is 1.74. The van der Waals surface area contributed by atoms with Crippen LogP contribution in [0.1, 0.15) is 38.5 Å². The van der Waals surface area contributed by atoms with Crippen molar-refractivity contribution in [1.29, 1.82) is 0 Å². The summed E-state index contributed by atoms with van der Waals surface area (Å²) in [5, 5.41) is 0. The minimum Gasteiger partial charge on any atom is -0.308 e. The van der Waals surface area contributed by atoms with Crippen molar-refractivity contribution in [2.75, 3.05) is 20.6 Å². The van der Waals surface area contributed by atoms with E-state index < -0.39 is 0 Å². The highest BCUT2D eigenvalue weighted by Gasteiger charge is 2.09. The average molecular weight is 179 g/mol. The van der Waals surface area contributed by atoms with Gasteiger partial charge in [0.2, 0.25) is 0 Å². The predicted octanol–water partition coefficient (Wildman–Crippen LogP) is 2.52. The Bertz CT molecular complexity index is 179. The second kappa shape index (κ2) is 6.05. The summed E-state index contributed by atoms with van der Waals surface area (Å²) in [6.07, 6.45) is 7.93. The van der Waals surface area contributed by atoms with Crippen LogP contribution < -0.4 is 0 Å². The molecule has 0 unspecified atom stereocenters. The molecule has 0 saturated heterocycles. The van der Waals surface area contributed by atoms with E-state index in [9.17, 15) is 0 Å². The van der Waals surface area contributed by atoms with Crippen LogP contribution in [-0.4, -0.2) is 25.5 Å². The number of hydrogen-bond acceptors (Lipinski definition) is 1. The minimum atomic E-state index is 0.718. The first kappa shape index (κ1) is 10.6. The number of nitrogens with zero attached hydrogens (tertiary/aromatic N) is 1. The number of rotatable bonds is 2. The van der Waals surface area contributed by atoms with Crippen LogP contribution in [0.5, 0.6) is 0 Å². The van der Waals surface area contributed by atoms with Crippen LogP contribution in [0.15, 0.2) is 0 Å². The molecule has 0 aromatic rings. The van der Waals surface area contributed by atoms with Gasteiger partial charge in [0.25, 0.3) is 0 Å². The Hall–Kier alpha value is -0.480. The molecule has 74 valence electrons. The van der Waals surface area contributed by atoms with Crippen molar-refractivity contribution in [2.24, 2.45) is 5.92 Å². The molecular weight excluding hydrogens is 158 g/mol. The molecule has 0 amide bonds. The summed E-state index contributed by atoms with van der Waals surface area (Å²) in [6, 6.07) is 0. The van der Waals surface area contributed by atoms with Gasteiger partial charge in [-0.05, 0) is 26.9 Å². The molecule has 1 aliphatic rings. The van der Waals surface area contributed by atoms with Crippen LogP contribution in [0, 0.1) is 17.8 Å². The van der Waals surface area contributed by atoms with Gasteiger partial charge in [-0.15, -0.1) is 5.92 Å². The van der Waals surface area contributed by atoms with Crippen molar-refractivity contribution >= 4 is 0 Å². The summed E-state index contributed by atoms with van der Waals surface area (Å²) >= 11 is 0. The van der Waals surface area contributed by atoms with E-state index in [1.54, 1.807) is 0 Å². The van der Waals surface area contributed by atoms with Gasteiger partial charge in [-0.3, -0.25) is 0 Å². The van der Waals surface area contributed by atoms with Gasteiger partial charge in [-0.25, -0.2) is 0 Å². The molecule has 0 bridgehead atoms. The van der Waals surface area contributed by atoms with Crippen molar-refractivity contribution in [3.63, 3.8) is 0 Å². The highest BCUT2D eigenvalue weighted by atomic mass is 15.0. The van der Waals surface area contributed by atoms with E-state index in [4.69, 9.17) is 0 Å². The third kappa shape index (κ3) is 4.95. The quantitative estimate of drug-likeness (QED) is 0.589.